The summed E-state index contributed by atoms with van der Waals surface area (Å²) in [4.78, 5) is 26.5. The Morgan fingerprint density at radius 1 is 1.32 bits per heavy atom. The lowest BCUT2D eigenvalue weighted by molar-refractivity contribution is 0.0564. The molecule has 1 N–H and O–H groups in total. The van der Waals surface area contributed by atoms with E-state index in [1.54, 1.807) is 27.0 Å². The smallest absolute Gasteiger partial charge is 0.436 e. The molecule has 0 saturated carbocycles. The lowest BCUT2D eigenvalue weighted by Gasteiger charge is -2.19. The van der Waals surface area contributed by atoms with Gasteiger partial charge < -0.3 is 9.47 Å². The third kappa shape index (κ3) is 10.4. The molecule has 110 valence electrons. The molecule has 0 spiro atoms. The summed E-state index contributed by atoms with van der Waals surface area (Å²) in [6, 6.07) is 0. The minimum atomic E-state index is -0.714. The van der Waals surface area contributed by atoms with Crippen molar-refractivity contribution < 1.29 is 19.1 Å². The number of carbonyl (C=O) groups excluding carboxylic acids is 2. The van der Waals surface area contributed by atoms with Crippen LogP contribution < -0.4 is 5.32 Å². The number of amides is 2. The van der Waals surface area contributed by atoms with E-state index < -0.39 is 17.8 Å². The predicted molar refractivity (Wildman–Crippen MR) is 76.6 cm³/mol. The number of hydrogen-bond acceptors (Lipinski definition) is 5. The van der Waals surface area contributed by atoms with Crippen LogP contribution in [0, 0.1) is 0 Å². The average molecular weight is 290 g/mol. The lowest BCUT2D eigenvalue weighted by atomic mass is 10.2. The van der Waals surface area contributed by atoms with Crippen molar-refractivity contribution >= 4 is 29.1 Å². The number of amidine groups is 1. The molecular formula is C12H22N2O4S. The molecule has 0 saturated heterocycles. The van der Waals surface area contributed by atoms with Gasteiger partial charge in [0.05, 0.1) is 6.61 Å². The fourth-order valence-electron chi connectivity index (χ4n) is 0.935. The van der Waals surface area contributed by atoms with Crippen molar-refractivity contribution in [2.24, 2.45) is 4.99 Å². The maximum atomic E-state index is 11.5. The zero-order chi connectivity index (χ0) is 14.9. The topological polar surface area (TPSA) is 77.0 Å². The quantitative estimate of drug-likeness (QED) is 0.491. The van der Waals surface area contributed by atoms with Crippen LogP contribution in [0.15, 0.2) is 4.99 Å². The van der Waals surface area contributed by atoms with Gasteiger partial charge in [0.15, 0.2) is 5.17 Å². The first kappa shape index (κ1) is 17.8. The van der Waals surface area contributed by atoms with Gasteiger partial charge in [0.25, 0.3) is 0 Å². The highest BCUT2D eigenvalue weighted by molar-refractivity contribution is 8.13. The average Bonchev–Trinajstić information content (AvgIpc) is 2.25. The highest BCUT2D eigenvalue weighted by atomic mass is 32.2. The van der Waals surface area contributed by atoms with Gasteiger partial charge in [0.1, 0.15) is 5.60 Å². The number of hydrogen-bond donors (Lipinski definition) is 1. The molecule has 0 unspecified atom stereocenters. The Bertz CT molecular complexity index is 337. The number of nitrogens with zero attached hydrogens (tertiary/aromatic N) is 1. The van der Waals surface area contributed by atoms with Crippen LogP contribution in [0.2, 0.25) is 0 Å². The summed E-state index contributed by atoms with van der Waals surface area (Å²) in [5, 5.41) is 2.54. The van der Waals surface area contributed by atoms with Gasteiger partial charge in [-0.3, -0.25) is 5.32 Å². The minimum absolute atomic E-state index is 0.149. The number of aliphatic imine (C=N–C) groups is 1. The van der Waals surface area contributed by atoms with E-state index in [1.807, 2.05) is 6.92 Å². The molecule has 2 amide bonds. The molecule has 0 aromatic rings. The molecule has 0 aliphatic heterocycles. The molecule has 0 aliphatic carbocycles. The minimum Gasteiger partial charge on any atom is -0.448 e. The standard InChI is InChI=1S/C12H22N2O4S/c1-6-7-8-17-10(15)13-9(19-5)14-11(16)18-12(2,3)4/h6-8H2,1-5H3,(H,13,14,15,16). The van der Waals surface area contributed by atoms with Gasteiger partial charge in [-0.15, -0.1) is 0 Å². The van der Waals surface area contributed by atoms with E-state index in [2.05, 4.69) is 10.3 Å². The Kier molecular flexibility index (Phi) is 8.22. The van der Waals surface area contributed by atoms with Crippen LogP contribution in [-0.2, 0) is 9.47 Å². The Balaban J connectivity index is 4.32. The number of nitrogens with one attached hydrogen (secondary N) is 1. The molecule has 0 aromatic carbocycles. The fraction of sp³-hybridized carbons (Fsp3) is 0.750. The van der Waals surface area contributed by atoms with Crippen LogP contribution in [0.25, 0.3) is 0 Å². The van der Waals surface area contributed by atoms with E-state index in [-0.39, 0.29) is 5.17 Å². The van der Waals surface area contributed by atoms with E-state index in [4.69, 9.17) is 9.47 Å². The second-order valence-electron chi connectivity index (χ2n) is 4.72. The van der Waals surface area contributed by atoms with Crippen LogP contribution in [0.3, 0.4) is 0 Å². The molecule has 0 fully saturated rings. The maximum Gasteiger partial charge on any atom is 0.436 e. The highest BCUT2D eigenvalue weighted by Crippen LogP contribution is 2.07. The lowest BCUT2D eigenvalue weighted by Crippen LogP contribution is -2.35. The van der Waals surface area contributed by atoms with Crippen LogP contribution in [0.1, 0.15) is 40.5 Å². The van der Waals surface area contributed by atoms with Crippen molar-refractivity contribution in [3.8, 4) is 0 Å². The van der Waals surface area contributed by atoms with E-state index in [0.717, 1.165) is 24.6 Å². The number of alkyl carbamates (subject to hydrolysis) is 1. The van der Waals surface area contributed by atoms with Gasteiger partial charge in [0.2, 0.25) is 0 Å². The normalized spacial score (nSPS) is 11.9. The Morgan fingerprint density at radius 3 is 2.42 bits per heavy atom. The number of rotatable bonds is 3. The summed E-state index contributed by atoms with van der Waals surface area (Å²) in [6.45, 7) is 7.58. The van der Waals surface area contributed by atoms with Crippen molar-refractivity contribution in [2.75, 3.05) is 12.9 Å². The van der Waals surface area contributed by atoms with E-state index in [9.17, 15) is 9.59 Å². The zero-order valence-corrected chi connectivity index (χ0v) is 12.9. The number of carbonyl (C=O) groups is 2. The second-order valence-corrected chi connectivity index (χ2v) is 5.51. The monoisotopic (exact) mass is 290 g/mol. The van der Waals surface area contributed by atoms with Crippen molar-refractivity contribution in [3.05, 3.63) is 0 Å². The summed E-state index contributed by atoms with van der Waals surface area (Å²) in [5.74, 6) is 0. The first-order chi connectivity index (χ1) is 8.78. The van der Waals surface area contributed by atoms with Gasteiger partial charge in [-0.25, -0.2) is 9.59 Å². The Morgan fingerprint density at radius 2 is 1.95 bits per heavy atom. The molecule has 0 radical (unpaired) electrons. The van der Waals surface area contributed by atoms with Gasteiger partial charge in [0, 0.05) is 0 Å². The maximum absolute atomic E-state index is 11.5. The number of unbranched alkanes of at least 4 members (excludes halogenated alkanes) is 1. The molecule has 0 rings (SSSR count). The van der Waals surface area contributed by atoms with Crippen molar-refractivity contribution in [1.29, 1.82) is 0 Å². The van der Waals surface area contributed by atoms with Crippen molar-refractivity contribution in [3.63, 3.8) is 0 Å². The van der Waals surface area contributed by atoms with E-state index >= 15 is 0 Å². The summed E-state index contributed by atoms with van der Waals surface area (Å²) in [7, 11) is 0. The van der Waals surface area contributed by atoms with Crippen LogP contribution in [-0.4, -0.2) is 35.8 Å². The molecule has 6 nitrogen and oxygen atoms in total. The van der Waals surface area contributed by atoms with Crippen LogP contribution >= 0.6 is 11.8 Å². The third-order valence-corrected chi connectivity index (χ3v) is 2.30. The van der Waals surface area contributed by atoms with Crippen LogP contribution in [0.5, 0.6) is 0 Å². The first-order valence-electron chi connectivity index (χ1n) is 6.08. The van der Waals surface area contributed by atoms with Crippen molar-refractivity contribution in [1.82, 2.24) is 5.32 Å². The molecule has 0 atom stereocenters. The van der Waals surface area contributed by atoms with E-state index in [0.29, 0.717) is 6.61 Å². The molecule has 19 heavy (non-hydrogen) atoms. The molecule has 0 aromatic heterocycles. The Hall–Kier alpha value is -1.24. The van der Waals surface area contributed by atoms with Gasteiger partial charge in [-0.2, -0.15) is 4.99 Å². The molecular weight excluding hydrogens is 268 g/mol. The van der Waals surface area contributed by atoms with E-state index in [1.165, 1.54) is 0 Å². The Labute approximate surface area is 118 Å². The molecule has 7 heteroatoms. The number of ether oxygens (including phenoxy) is 2. The largest absolute Gasteiger partial charge is 0.448 e. The summed E-state index contributed by atoms with van der Waals surface area (Å²) in [5.41, 5.74) is -0.602. The highest BCUT2D eigenvalue weighted by Gasteiger charge is 2.17. The van der Waals surface area contributed by atoms with Crippen LogP contribution in [0.4, 0.5) is 9.59 Å². The fourth-order valence-corrected chi connectivity index (χ4v) is 1.29. The van der Waals surface area contributed by atoms with Crippen molar-refractivity contribution in [2.45, 2.75) is 46.1 Å². The first-order valence-corrected chi connectivity index (χ1v) is 7.30. The zero-order valence-electron chi connectivity index (χ0n) is 12.1. The van der Waals surface area contributed by atoms with Gasteiger partial charge in [-0.1, -0.05) is 25.1 Å². The SMILES string of the molecule is CCCCOC(=O)N=C(NC(=O)OC(C)(C)C)SC. The second kappa shape index (κ2) is 8.79. The van der Waals surface area contributed by atoms with Gasteiger partial charge >= 0.3 is 12.2 Å². The third-order valence-electron chi connectivity index (χ3n) is 1.72. The molecule has 0 bridgehead atoms. The molecule has 0 aliphatic rings. The number of thioether (sulfide) groups is 1. The molecule has 0 heterocycles. The summed E-state index contributed by atoms with van der Waals surface area (Å²) < 4.78 is 9.92. The summed E-state index contributed by atoms with van der Waals surface area (Å²) in [6.07, 6.45) is 2.05. The van der Waals surface area contributed by atoms with Gasteiger partial charge in [-0.05, 0) is 33.4 Å². The summed E-state index contributed by atoms with van der Waals surface area (Å²) >= 11 is 1.13. The predicted octanol–water partition coefficient (Wildman–Crippen LogP) is 3.17.